The van der Waals surface area contributed by atoms with Crippen LogP contribution in [0.25, 0.3) is 0 Å². The largest absolute Gasteiger partial charge is 0.481 e. The number of carbonyl (C=O) groups is 2. The van der Waals surface area contributed by atoms with Gasteiger partial charge < -0.3 is 15.3 Å². The first-order valence-electron chi connectivity index (χ1n) is 5.92. The lowest BCUT2D eigenvalue weighted by molar-refractivity contribution is -0.141. The summed E-state index contributed by atoms with van der Waals surface area (Å²) >= 11 is 0.824. The number of carboxylic acid groups (broad SMARTS) is 1. The lowest BCUT2D eigenvalue weighted by Gasteiger charge is -2.16. The Morgan fingerprint density at radius 2 is 2.14 bits per heavy atom. The Morgan fingerprint density at radius 1 is 1.48 bits per heavy atom. The molecule has 0 spiro atoms. The molecule has 1 rings (SSSR count). The molecule has 0 bridgehead atoms. The third-order valence-electron chi connectivity index (χ3n) is 2.40. The number of nitrogens with zero attached hydrogens (tertiary/aromatic N) is 2. The minimum absolute atomic E-state index is 0.0501. The molecule has 6 nitrogen and oxygen atoms in total. The molecule has 0 aromatic carbocycles. The molecular weight excluding hydrogens is 311 g/mol. The summed E-state index contributed by atoms with van der Waals surface area (Å²) in [6.07, 6.45) is -4.28. The third kappa shape index (κ3) is 5.98. The van der Waals surface area contributed by atoms with E-state index in [9.17, 15) is 22.8 Å². The number of amides is 2. The van der Waals surface area contributed by atoms with Gasteiger partial charge in [-0.3, -0.25) is 4.79 Å². The van der Waals surface area contributed by atoms with Gasteiger partial charge in [0.1, 0.15) is 5.01 Å². The molecule has 21 heavy (non-hydrogen) atoms. The number of aromatic nitrogens is 1. The topological polar surface area (TPSA) is 82.5 Å². The predicted octanol–water partition coefficient (Wildman–Crippen LogP) is 2.17. The second-order valence-corrected chi connectivity index (χ2v) is 5.15. The molecule has 1 aromatic heterocycles. The zero-order valence-electron chi connectivity index (χ0n) is 11.1. The van der Waals surface area contributed by atoms with E-state index in [0.717, 1.165) is 16.7 Å². The van der Waals surface area contributed by atoms with Crippen LogP contribution < -0.4 is 5.32 Å². The first-order chi connectivity index (χ1) is 9.70. The van der Waals surface area contributed by atoms with Crippen molar-refractivity contribution in [3.63, 3.8) is 0 Å². The van der Waals surface area contributed by atoms with Crippen LogP contribution in [-0.4, -0.2) is 40.6 Å². The van der Waals surface area contributed by atoms with Crippen LogP contribution in [0.1, 0.15) is 23.5 Å². The molecule has 0 fully saturated rings. The van der Waals surface area contributed by atoms with E-state index in [-0.39, 0.29) is 30.9 Å². The Hall–Kier alpha value is -1.84. The van der Waals surface area contributed by atoms with E-state index in [0.29, 0.717) is 0 Å². The van der Waals surface area contributed by atoms with Crippen molar-refractivity contribution >= 4 is 23.3 Å². The van der Waals surface area contributed by atoms with Gasteiger partial charge in [-0.2, -0.15) is 13.2 Å². The van der Waals surface area contributed by atoms with Crippen LogP contribution in [0.2, 0.25) is 0 Å². The van der Waals surface area contributed by atoms with Crippen molar-refractivity contribution in [1.29, 1.82) is 0 Å². The van der Waals surface area contributed by atoms with Crippen LogP contribution in [0.15, 0.2) is 5.38 Å². The highest BCUT2D eigenvalue weighted by Gasteiger charge is 2.33. The van der Waals surface area contributed by atoms with E-state index in [1.165, 1.54) is 11.9 Å². The number of hydrogen-bond donors (Lipinski definition) is 2. The number of halogens is 3. The first-order valence-corrected chi connectivity index (χ1v) is 6.80. The van der Waals surface area contributed by atoms with Gasteiger partial charge in [0.25, 0.3) is 0 Å². The number of rotatable bonds is 6. The SMILES string of the molecule is CN(Cc1nc(C(F)(F)F)cs1)C(=O)NCCCC(=O)O. The van der Waals surface area contributed by atoms with E-state index >= 15 is 0 Å². The van der Waals surface area contributed by atoms with E-state index in [1.54, 1.807) is 0 Å². The number of thiazole rings is 1. The molecule has 0 aliphatic heterocycles. The molecule has 2 amide bonds. The molecule has 0 unspecified atom stereocenters. The number of hydrogen-bond acceptors (Lipinski definition) is 4. The van der Waals surface area contributed by atoms with E-state index in [2.05, 4.69) is 10.3 Å². The highest BCUT2D eigenvalue weighted by Crippen LogP contribution is 2.30. The Kier molecular flexibility index (Phi) is 5.94. The number of carboxylic acids is 1. The zero-order chi connectivity index (χ0) is 16.0. The first kappa shape index (κ1) is 17.2. The summed E-state index contributed by atoms with van der Waals surface area (Å²) in [6, 6.07) is -0.496. The molecule has 10 heteroatoms. The average molecular weight is 325 g/mol. The molecule has 0 saturated heterocycles. The molecule has 118 valence electrons. The Morgan fingerprint density at radius 3 is 2.67 bits per heavy atom. The third-order valence-corrected chi connectivity index (χ3v) is 3.24. The summed E-state index contributed by atoms with van der Waals surface area (Å²) in [4.78, 5) is 26.5. The fraction of sp³-hybridized carbons (Fsp3) is 0.545. The van der Waals surface area contributed by atoms with Gasteiger partial charge in [-0.1, -0.05) is 0 Å². The van der Waals surface area contributed by atoms with Gasteiger partial charge in [0.2, 0.25) is 0 Å². The minimum atomic E-state index is -4.49. The van der Waals surface area contributed by atoms with Crippen molar-refractivity contribution in [2.45, 2.75) is 25.6 Å². The maximum absolute atomic E-state index is 12.4. The lowest BCUT2D eigenvalue weighted by atomic mass is 10.3. The van der Waals surface area contributed by atoms with Gasteiger partial charge in [0.05, 0.1) is 6.54 Å². The molecule has 0 atom stereocenters. The van der Waals surface area contributed by atoms with Crippen LogP contribution in [0.3, 0.4) is 0 Å². The van der Waals surface area contributed by atoms with Crippen molar-refractivity contribution in [2.24, 2.45) is 0 Å². The van der Waals surface area contributed by atoms with E-state index in [1.807, 2.05) is 0 Å². The number of aliphatic carboxylic acids is 1. The normalized spacial score (nSPS) is 11.2. The van der Waals surface area contributed by atoms with Crippen LogP contribution in [0.5, 0.6) is 0 Å². The number of carbonyl (C=O) groups excluding carboxylic acids is 1. The smallest absolute Gasteiger partial charge is 0.434 e. The second kappa shape index (κ2) is 7.25. The fourth-order valence-electron chi connectivity index (χ4n) is 1.36. The summed E-state index contributed by atoms with van der Waals surface area (Å²) in [5, 5.41) is 12.0. The Balaban J connectivity index is 2.42. The molecular formula is C11H14F3N3O3S. The molecule has 0 radical (unpaired) electrons. The standard InChI is InChI=1S/C11H14F3N3O3S/c1-17(10(20)15-4-2-3-9(18)19)5-8-16-7(6-21-8)11(12,13)14/h6H,2-5H2,1H3,(H,15,20)(H,18,19). The molecule has 1 heterocycles. The van der Waals surface area contributed by atoms with Gasteiger partial charge in [0.15, 0.2) is 5.69 Å². The minimum Gasteiger partial charge on any atom is -0.481 e. The van der Waals surface area contributed by atoms with Crippen LogP contribution in [-0.2, 0) is 17.5 Å². The zero-order valence-corrected chi connectivity index (χ0v) is 11.9. The summed E-state index contributed by atoms with van der Waals surface area (Å²) in [6.45, 7) is 0.132. The summed E-state index contributed by atoms with van der Waals surface area (Å²) in [5.41, 5.74) is -0.974. The fourth-order valence-corrected chi connectivity index (χ4v) is 2.21. The maximum Gasteiger partial charge on any atom is 0.434 e. The summed E-state index contributed by atoms with van der Waals surface area (Å²) < 4.78 is 37.1. The number of urea groups is 1. The van der Waals surface area contributed by atoms with Gasteiger partial charge in [0, 0.05) is 25.4 Å². The van der Waals surface area contributed by atoms with Crippen molar-refractivity contribution in [2.75, 3.05) is 13.6 Å². The predicted molar refractivity (Wildman–Crippen MR) is 68.9 cm³/mol. The molecule has 0 aliphatic rings. The van der Waals surface area contributed by atoms with Crippen molar-refractivity contribution in [3.05, 3.63) is 16.1 Å². The average Bonchev–Trinajstić information content (AvgIpc) is 2.82. The van der Waals surface area contributed by atoms with E-state index < -0.39 is 23.9 Å². The van der Waals surface area contributed by atoms with Crippen molar-refractivity contribution in [1.82, 2.24) is 15.2 Å². The quantitative estimate of drug-likeness (QED) is 0.785. The van der Waals surface area contributed by atoms with Crippen LogP contribution >= 0.6 is 11.3 Å². The highest BCUT2D eigenvalue weighted by atomic mass is 32.1. The van der Waals surface area contributed by atoms with Gasteiger partial charge in [-0.15, -0.1) is 11.3 Å². The summed E-state index contributed by atoms with van der Waals surface area (Å²) in [7, 11) is 1.42. The summed E-state index contributed by atoms with van der Waals surface area (Å²) in [5.74, 6) is -0.958. The van der Waals surface area contributed by atoms with Crippen molar-refractivity contribution in [3.8, 4) is 0 Å². The van der Waals surface area contributed by atoms with Crippen molar-refractivity contribution < 1.29 is 27.9 Å². The molecule has 2 N–H and O–H groups in total. The van der Waals surface area contributed by atoms with Gasteiger partial charge in [-0.25, -0.2) is 9.78 Å². The number of alkyl halides is 3. The van der Waals surface area contributed by atoms with Gasteiger partial charge >= 0.3 is 18.2 Å². The monoisotopic (exact) mass is 325 g/mol. The highest BCUT2D eigenvalue weighted by molar-refractivity contribution is 7.09. The van der Waals surface area contributed by atoms with E-state index in [4.69, 9.17) is 5.11 Å². The molecule has 0 saturated carbocycles. The lowest BCUT2D eigenvalue weighted by Crippen LogP contribution is -2.37. The maximum atomic E-state index is 12.4. The number of nitrogens with one attached hydrogen (secondary N) is 1. The van der Waals surface area contributed by atoms with Gasteiger partial charge in [-0.05, 0) is 6.42 Å². The Labute approximate surface area is 122 Å². The van der Waals surface area contributed by atoms with Crippen LogP contribution in [0, 0.1) is 0 Å². The second-order valence-electron chi connectivity index (χ2n) is 4.21. The van der Waals surface area contributed by atoms with Crippen LogP contribution in [0.4, 0.5) is 18.0 Å². The molecule has 1 aromatic rings. The molecule has 0 aliphatic carbocycles. The Bertz CT molecular complexity index is 504.